The normalized spacial score (nSPS) is 10.7. The van der Waals surface area contributed by atoms with Crippen LogP contribution in [0.25, 0.3) is 22.9 Å². The van der Waals surface area contributed by atoms with Crippen LogP contribution in [0.5, 0.6) is 0 Å². The van der Waals surface area contributed by atoms with E-state index >= 15 is 0 Å². The zero-order valence-electron chi connectivity index (χ0n) is 10.7. The van der Waals surface area contributed by atoms with Gasteiger partial charge in [-0.1, -0.05) is 28.1 Å². The van der Waals surface area contributed by atoms with E-state index in [1.54, 1.807) is 11.8 Å². The smallest absolute Gasteiger partial charge is 0.249 e. The van der Waals surface area contributed by atoms with E-state index in [4.69, 9.17) is 4.42 Å². The summed E-state index contributed by atoms with van der Waals surface area (Å²) in [4.78, 5) is 1.12. The van der Waals surface area contributed by atoms with Crippen LogP contribution >= 0.6 is 27.7 Å². The molecule has 3 rings (SSSR count). The maximum Gasteiger partial charge on any atom is 0.249 e. The summed E-state index contributed by atoms with van der Waals surface area (Å²) in [5.74, 6) is 1.08. The highest BCUT2D eigenvalue weighted by Gasteiger charge is 2.13. The van der Waals surface area contributed by atoms with Gasteiger partial charge >= 0.3 is 0 Å². The van der Waals surface area contributed by atoms with E-state index in [0.29, 0.717) is 11.8 Å². The zero-order chi connectivity index (χ0) is 13.9. The van der Waals surface area contributed by atoms with Gasteiger partial charge < -0.3 is 4.42 Å². The fourth-order valence-corrected chi connectivity index (χ4v) is 2.72. The maximum absolute atomic E-state index is 5.79. The van der Waals surface area contributed by atoms with Gasteiger partial charge in [0.05, 0.1) is 5.56 Å². The molecule has 0 atom stereocenters. The van der Waals surface area contributed by atoms with Crippen LogP contribution in [0.3, 0.4) is 0 Å². The Morgan fingerprint density at radius 2 is 1.65 bits per heavy atom. The van der Waals surface area contributed by atoms with Gasteiger partial charge in [-0.15, -0.1) is 22.0 Å². The number of hydrogen-bond donors (Lipinski definition) is 0. The number of benzene rings is 2. The first-order valence-corrected chi connectivity index (χ1v) is 8.02. The van der Waals surface area contributed by atoms with Gasteiger partial charge in [-0.3, -0.25) is 0 Å². The van der Waals surface area contributed by atoms with Crippen molar-refractivity contribution >= 4 is 27.7 Å². The average Bonchev–Trinajstić information content (AvgIpc) is 2.97. The number of aromatic nitrogens is 2. The van der Waals surface area contributed by atoms with Crippen LogP contribution < -0.4 is 0 Å². The lowest BCUT2D eigenvalue weighted by molar-refractivity contribution is 0.583. The second-order valence-corrected chi connectivity index (χ2v) is 5.88. The molecule has 0 aliphatic heterocycles. The molecule has 2 aromatic carbocycles. The van der Waals surface area contributed by atoms with Crippen LogP contribution in [0, 0.1) is 0 Å². The van der Waals surface area contributed by atoms with Gasteiger partial charge in [0, 0.05) is 14.9 Å². The van der Waals surface area contributed by atoms with Crippen molar-refractivity contribution < 1.29 is 4.42 Å². The molecule has 0 radical (unpaired) electrons. The van der Waals surface area contributed by atoms with E-state index in [1.165, 1.54) is 0 Å². The number of rotatable bonds is 3. The van der Waals surface area contributed by atoms with Crippen LogP contribution in [0.1, 0.15) is 0 Å². The number of halogens is 1. The summed E-state index contributed by atoms with van der Waals surface area (Å²) in [6.45, 7) is 0. The molecule has 3 nitrogen and oxygen atoms in total. The van der Waals surface area contributed by atoms with Gasteiger partial charge in [0.25, 0.3) is 0 Å². The monoisotopic (exact) mass is 346 g/mol. The Morgan fingerprint density at radius 1 is 0.950 bits per heavy atom. The number of thioether (sulfide) groups is 1. The van der Waals surface area contributed by atoms with Crippen molar-refractivity contribution in [1.82, 2.24) is 10.2 Å². The predicted octanol–water partition coefficient (Wildman–Crippen LogP) is 4.89. The minimum Gasteiger partial charge on any atom is -0.416 e. The summed E-state index contributed by atoms with van der Waals surface area (Å²) < 4.78 is 6.81. The molecule has 0 saturated carbocycles. The highest BCUT2D eigenvalue weighted by atomic mass is 79.9. The van der Waals surface area contributed by atoms with Crippen molar-refractivity contribution in [1.29, 1.82) is 0 Å². The second kappa shape index (κ2) is 5.81. The lowest BCUT2D eigenvalue weighted by Gasteiger charge is -2.01. The molecule has 0 aliphatic carbocycles. The van der Waals surface area contributed by atoms with E-state index in [2.05, 4.69) is 26.1 Å². The Labute approximate surface area is 129 Å². The maximum atomic E-state index is 5.79. The number of hydrogen-bond acceptors (Lipinski definition) is 4. The van der Waals surface area contributed by atoms with E-state index in [-0.39, 0.29) is 0 Å². The molecule has 0 amide bonds. The van der Waals surface area contributed by atoms with Crippen LogP contribution in [0.4, 0.5) is 0 Å². The molecule has 100 valence electrons. The summed E-state index contributed by atoms with van der Waals surface area (Å²) >= 11 is 5.07. The van der Waals surface area contributed by atoms with Crippen LogP contribution in [0.15, 0.2) is 62.3 Å². The Balaban J connectivity index is 2.00. The molecule has 0 saturated heterocycles. The first kappa shape index (κ1) is 13.4. The first-order chi connectivity index (χ1) is 9.78. The summed E-state index contributed by atoms with van der Waals surface area (Å²) in [7, 11) is 0. The Kier molecular flexibility index (Phi) is 3.89. The molecule has 1 aromatic heterocycles. The van der Waals surface area contributed by atoms with Gasteiger partial charge in [-0.25, -0.2) is 0 Å². The third-order valence-electron chi connectivity index (χ3n) is 2.85. The predicted molar refractivity (Wildman–Crippen MR) is 84.7 cm³/mol. The van der Waals surface area contributed by atoms with Gasteiger partial charge in [-0.2, -0.15) is 0 Å². The molecule has 0 bridgehead atoms. The molecule has 20 heavy (non-hydrogen) atoms. The van der Waals surface area contributed by atoms with Crippen molar-refractivity contribution in [2.75, 3.05) is 6.26 Å². The molecule has 0 aliphatic rings. The fourth-order valence-electron chi connectivity index (χ4n) is 1.86. The quantitative estimate of drug-likeness (QED) is 0.633. The summed E-state index contributed by atoms with van der Waals surface area (Å²) in [5, 5.41) is 8.28. The molecule has 5 heteroatoms. The minimum atomic E-state index is 0.531. The average molecular weight is 347 g/mol. The molecule has 1 heterocycles. The molecule has 0 spiro atoms. The number of nitrogens with zero attached hydrogens (tertiary/aromatic N) is 2. The Hall–Kier alpha value is -1.59. The summed E-state index contributed by atoms with van der Waals surface area (Å²) in [5.41, 5.74) is 1.88. The molecular weight excluding hydrogens is 336 g/mol. The molecule has 0 unspecified atom stereocenters. The highest BCUT2D eigenvalue weighted by molar-refractivity contribution is 9.10. The zero-order valence-corrected chi connectivity index (χ0v) is 13.1. The second-order valence-electron chi connectivity index (χ2n) is 4.12. The van der Waals surface area contributed by atoms with Crippen molar-refractivity contribution in [2.24, 2.45) is 0 Å². The van der Waals surface area contributed by atoms with Crippen LogP contribution in [-0.4, -0.2) is 16.5 Å². The van der Waals surface area contributed by atoms with E-state index in [1.807, 2.05) is 54.8 Å². The topological polar surface area (TPSA) is 38.9 Å². The van der Waals surface area contributed by atoms with Crippen molar-refractivity contribution in [3.05, 3.63) is 53.0 Å². The van der Waals surface area contributed by atoms with Gasteiger partial charge in [0.15, 0.2) is 0 Å². The Morgan fingerprint density at radius 3 is 2.40 bits per heavy atom. The molecule has 3 aromatic rings. The van der Waals surface area contributed by atoms with Gasteiger partial charge in [-0.05, 0) is 42.7 Å². The van der Waals surface area contributed by atoms with Crippen LogP contribution in [-0.2, 0) is 0 Å². The SMILES string of the molecule is CSc1ccccc1-c1nnc(-c2ccc(Br)cc2)o1. The van der Waals surface area contributed by atoms with Crippen molar-refractivity contribution in [3.8, 4) is 22.9 Å². The molecule has 0 N–H and O–H groups in total. The van der Waals surface area contributed by atoms with Crippen LogP contribution in [0.2, 0.25) is 0 Å². The lowest BCUT2D eigenvalue weighted by atomic mass is 10.2. The van der Waals surface area contributed by atoms with E-state index in [0.717, 1.165) is 20.5 Å². The summed E-state index contributed by atoms with van der Waals surface area (Å²) in [6, 6.07) is 15.8. The third-order valence-corrected chi connectivity index (χ3v) is 4.18. The Bertz CT molecular complexity index is 725. The van der Waals surface area contributed by atoms with Gasteiger partial charge in [0.2, 0.25) is 11.8 Å². The van der Waals surface area contributed by atoms with E-state index in [9.17, 15) is 0 Å². The largest absolute Gasteiger partial charge is 0.416 e. The lowest BCUT2D eigenvalue weighted by Crippen LogP contribution is -1.81. The molecule has 0 fully saturated rings. The van der Waals surface area contributed by atoms with Crippen molar-refractivity contribution in [3.63, 3.8) is 0 Å². The summed E-state index contributed by atoms with van der Waals surface area (Å²) in [6.07, 6.45) is 2.03. The van der Waals surface area contributed by atoms with E-state index < -0.39 is 0 Å². The standard InChI is InChI=1S/C15H11BrN2OS/c1-20-13-5-3-2-4-12(13)15-18-17-14(19-15)10-6-8-11(16)9-7-10/h2-9H,1H3. The third kappa shape index (κ3) is 2.64. The minimum absolute atomic E-state index is 0.531. The fraction of sp³-hybridized carbons (Fsp3) is 0.0667. The van der Waals surface area contributed by atoms with Gasteiger partial charge in [0.1, 0.15) is 0 Å². The van der Waals surface area contributed by atoms with Crippen molar-refractivity contribution in [2.45, 2.75) is 4.90 Å². The molecular formula is C15H11BrN2OS. The highest BCUT2D eigenvalue weighted by Crippen LogP contribution is 2.31. The first-order valence-electron chi connectivity index (χ1n) is 6.01.